The van der Waals surface area contributed by atoms with E-state index >= 15 is 0 Å². The molecule has 1 aromatic carbocycles. The minimum atomic E-state index is -0.545. The number of carbonyl (C=O) groups is 1. The van der Waals surface area contributed by atoms with Gasteiger partial charge in [-0.15, -0.1) is 0 Å². The Bertz CT molecular complexity index is 542. The summed E-state index contributed by atoms with van der Waals surface area (Å²) < 4.78 is 5.64. The van der Waals surface area contributed by atoms with Gasteiger partial charge in [0.05, 0.1) is 11.6 Å². The molecule has 0 radical (unpaired) electrons. The maximum atomic E-state index is 12.2. The van der Waals surface area contributed by atoms with E-state index in [0.717, 1.165) is 32.5 Å². The second kappa shape index (κ2) is 8.54. The summed E-state index contributed by atoms with van der Waals surface area (Å²) in [5.74, 6) is 0.521. The molecule has 23 heavy (non-hydrogen) atoms. The van der Waals surface area contributed by atoms with Crippen LogP contribution in [0.5, 0.6) is 5.75 Å². The number of ether oxygens (including phenoxy) is 1. The Hall–Kier alpha value is -2.06. The fourth-order valence-electron chi connectivity index (χ4n) is 2.80. The van der Waals surface area contributed by atoms with Gasteiger partial charge in [-0.3, -0.25) is 4.79 Å². The van der Waals surface area contributed by atoms with Gasteiger partial charge in [-0.05, 0) is 57.0 Å². The normalized spacial score (nSPS) is 17.3. The van der Waals surface area contributed by atoms with Gasteiger partial charge in [0.1, 0.15) is 5.75 Å². The van der Waals surface area contributed by atoms with E-state index in [9.17, 15) is 4.79 Å². The van der Waals surface area contributed by atoms with E-state index in [-0.39, 0.29) is 11.9 Å². The van der Waals surface area contributed by atoms with Crippen LogP contribution in [-0.2, 0) is 4.79 Å². The van der Waals surface area contributed by atoms with Crippen LogP contribution >= 0.6 is 0 Å². The molecule has 0 bridgehead atoms. The molecule has 1 aliphatic rings. The summed E-state index contributed by atoms with van der Waals surface area (Å²) >= 11 is 0. The molecule has 2 rings (SSSR count). The third-order valence-electron chi connectivity index (χ3n) is 4.14. The standard InChI is InChI=1S/C18H25N3O2/c1-3-10-21-11-8-16(9-12-21)20-18(22)14(2)23-17-6-4-15(13-19)5-7-17/h4-7,14,16H,3,8-12H2,1-2H3,(H,20,22). The zero-order valence-electron chi connectivity index (χ0n) is 13.9. The lowest BCUT2D eigenvalue weighted by Crippen LogP contribution is -2.48. The van der Waals surface area contributed by atoms with E-state index in [1.807, 2.05) is 0 Å². The van der Waals surface area contributed by atoms with Gasteiger partial charge in [-0.1, -0.05) is 6.92 Å². The van der Waals surface area contributed by atoms with Crippen LogP contribution in [0.4, 0.5) is 0 Å². The number of nitrogens with zero attached hydrogens (tertiary/aromatic N) is 2. The summed E-state index contributed by atoms with van der Waals surface area (Å²) in [5, 5.41) is 11.9. The number of amides is 1. The average molecular weight is 315 g/mol. The van der Waals surface area contributed by atoms with Crippen molar-refractivity contribution in [2.24, 2.45) is 0 Å². The number of nitriles is 1. The Kier molecular flexibility index (Phi) is 6.42. The van der Waals surface area contributed by atoms with Crippen LogP contribution < -0.4 is 10.1 Å². The molecule has 5 nitrogen and oxygen atoms in total. The number of likely N-dealkylation sites (tertiary alicyclic amines) is 1. The van der Waals surface area contributed by atoms with E-state index in [0.29, 0.717) is 11.3 Å². The van der Waals surface area contributed by atoms with Crippen molar-refractivity contribution in [3.05, 3.63) is 29.8 Å². The first-order valence-electron chi connectivity index (χ1n) is 8.32. The van der Waals surface area contributed by atoms with Gasteiger partial charge >= 0.3 is 0 Å². The molecule has 1 aromatic rings. The lowest BCUT2D eigenvalue weighted by Gasteiger charge is -2.32. The van der Waals surface area contributed by atoms with Crippen LogP contribution in [0, 0.1) is 11.3 Å². The smallest absolute Gasteiger partial charge is 0.260 e. The Morgan fingerprint density at radius 2 is 2.04 bits per heavy atom. The molecule has 5 heteroatoms. The van der Waals surface area contributed by atoms with Crippen molar-refractivity contribution >= 4 is 5.91 Å². The molecule has 0 spiro atoms. The Labute approximate surface area is 138 Å². The van der Waals surface area contributed by atoms with E-state index in [4.69, 9.17) is 10.00 Å². The lowest BCUT2D eigenvalue weighted by atomic mass is 10.0. The highest BCUT2D eigenvalue weighted by atomic mass is 16.5. The van der Waals surface area contributed by atoms with Gasteiger partial charge < -0.3 is 15.0 Å². The van der Waals surface area contributed by atoms with Crippen molar-refractivity contribution in [3.63, 3.8) is 0 Å². The molecule has 1 saturated heterocycles. The summed E-state index contributed by atoms with van der Waals surface area (Å²) in [6, 6.07) is 9.09. The first kappa shape index (κ1) is 17.3. The van der Waals surface area contributed by atoms with Crippen LogP contribution in [0.15, 0.2) is 24.3 Å². The highest BCUT2D eigenvalue weighted by Crippen LogP contribution is 2.15. The molecule has 1 atom stereocenters. The van der Waals surface area contributed by atoms with Crippen molar-refractivity contribution in [2.75, 3.05) is 19.6 Å². The number of hydrogen-bond acceptors (Lipinski definition) is 4. The topological polar surface area (TPSA) is 65.4 Å². The molecule has 1 N–H and O–H groups in total. The molecule has 1 unspecified atom stereocenters. The first-order chi connectivity index (χ1) is 11.1. The summed E-state index contributed by atoms with van der Waals surface area (Å²) in [5.41, 5.74) is 0.577. The zero-order valence-corrected chi connectivity index (χ0v) is 13.9. The highest BCUT2D eigenvalue weighted by molar-refractivity contribution is 5.81. The zero-order chi connectivity index (χ0) is 16.7. The summed E-state index contributed by atoms with van der Waals surface area (Å²) in [6.45, 7) is 7.17. The van der Waals surface area contributed by atoms with Gasteiger partial charge in [-0.2, -0.15) is 5.26 Å². The van der Waals surface area contributed by atoms with Crippen LogP contribution in [0.1, 0.15) is 38.7 Å². The Morgan fingerprint density at radius 1 is 1.39 bits per heavy atom. The molecule has 0 aliphatic carbocycles. The predicted molar refractivity (Wildman–Crippen MR) is 89.1 cm³/mol. The third-order valence-corrected chi connectivity index (χ3v) is 4.14. The summed E-state index contributed by atoms with van der Waals surface area (Å²) in [7, 11) is 0. The molecular formula is C18H25N3O2. The largest absolute Gasteiger partial charge is 0.481 e. The fraction of sp³-hybridized carbons (Fsp3) is 0.556. The van der Waals surface area contributed by atoms with E-state index < -0.39 is 6.10 Å². The quantitative estimate of drug-likeness (QED) is 0.875. The number of rotatable bonds is 6. The third kappa shape index (κ3) is 5.26. The van der Waals surface area contributed by atoms with Crippen molar-refractivity contribution in [3.8, 4) is 11.8 Å². The molecule has 1 fully saturated rings. The highest BCUT2D eigenvalue weighted by Gasteiger charge is 2.23. The SMILES string of the molecule is CCCN1CCC(NC(=O)C(C)Oc2ccc(C#N)cc2)CC1. The van der Waals surface area contributed by atoms with Gasteiger partial charge in [0.15, 0.2) is 6.10 Å². The number of benzene rings is 1. The lowest BCUT2D eigenvalue weighted by molar-refractivity contribution is -0.128. The van der Waals surface area contributed by atoms with Crippen molar-refractivity contribution < 1.29 is 9.53 Å². The number of piperidine rings is 1. The van der Waals surface area contributed by atoms with Crippen LogP contribution in [0.3, 0.4) is 0 Å². The van der Waals surface area contributed by atoms with Crippen LogP contribution in [0.25, 0.3) is 0 Å². The Balaban J connectivity index is 1.77. The maximum absolute atomic E-state index is 12.2. The van der Waals surface area contributed by atoms with E-state index in [1.165, 1.54) is 6.42 Å². The first-order valence-corrected chi connectivity index (χ1v) is 8.32. The molecule has 0 aromatic heterocycles. The molecule has 124 valence electrons. The molecule has 1 amide bonds. The van der Waals surface area contributed by atoms with Crippen molar-refractivity contribution in [1.82, 2.24) is 10.2 Å². The number of carbonyl (C=O) groups excluding carboxylic acids is 1. The monoisotopic (exact) mass is 315 g/mol. The van der Waals surface area contributed by atoms with Crippen LogP contribution in [-0.4, -0.2) is 42.6 Å². The molecular weight excluding hydrogens is 290 g/mol. The van der Waals surface area contributed by atoms with E-state index in [1.54, 1.807) is 31.2 Å². The molecule has 1 heterocycles. The van der Waals surface area contributed by atoms with Gasteiger partial charge in [-0.25, -0.2) is 0 Å². The number of nitrogens with one attached hydrogen (secondary N) is 1. The van der Waals surface area contributed by atoms with Gasteiger partial charge in [0.25, 0.3) is 5.91 Å². The maximum Gasteiger partial charge on any atom is 0.260 e. The minimum Gasteiger partial charge on any atom is -0.481 e. The van der Waals surface area contributed by atoms with Crippen LogP contribution in [0.2, 0.25) is 0 Å². The number of hydrogen-bond donors (Lipinski definition) is 1. The second-order valence-corrected chi connectivity index (χ2v) is 6.02. The minimum absolute atomic E-state index is 0.0803. The summed E-state index contributed by atoms with van der Waals surface area (Å²) in [4.78, 5) is 14.7. The van der Waals surface area contributed by atoms with Crippen molar-refractivity contribution in [2.45, 2.75) is 45.3 Å². The summed E-state index contributed by atoms with van der Waals surface area (Å²) in [6.07, 6.45) is 2.62. The second-order valence-electron chi connectivity index (χ2n) is 6.02. The van der Waals surface area contributed by atoms with E-state index in [2.05, 4.69) is 23.2 Å². The predicted octanol–water partition coefficient (Wildman–Crippen LogP) is 2.32. The van der Waals surface area contributed by atoms with Gasteiger partial charge in [0, 0.05) is 19.1 Å². The molecule has 1 aliphatic heterocycles. The molecule has 0 saturated carbocycles. The average Bonchev–Trinajstić information content (AvgIpc) is 2.57. The fourth-order valence-corrected chi connectivity index (χ4v) is 2.80. The van der Waals surface area contributed by atoms with Crippen molar-refractivity contribution in [1.29, 1.82) is 5.26 Å². The Morgan fingerprint density at radius 3 is 2.61 bits per heavy atom. The van der Waals surface area contributed by atoms with Gasteiger partial charge in [0.2, 0.25) is 0 Å².